The van der Waals surface area contributed by atoms with Crippen molar-refractivity contribution >= 4 is 17.4 Å². The number of ether oxygens (including phenoxy) is 1. The molecule has 0 atom stereocenters. The van der Waals surface area contributed by atoms with Crippen LogP contribution in [0.3, 0.4) is 0 Å². The first-order valence-electron chi connectivity index (χ1n) is 5.17. The van der Waals surface area contributed by atoms with Gasteiger partial charge in [0, 0.05) is 6.07 Å². The van der Waals surface area contributed by atoms with Crippen molar-refractivity contribution in [3.63, 3.8) is 0 Å². The summed E-state index contributed by atoms with van der Waals surface area (Å²) in [5.41, 5.74) is 5.53. The number of aromatic nitrogens is 1. The van der Waals surface area contributed by atoms with Crippen molar-refractivity contribution in [1.82, 2.24) is 4.98 Å². The Morgan fingerprint density at radius 2 is 2.00 bits per heavy atom. The van der Waals surface area contributed by atoms with E-state index in [1.807, 2.05) is 0 Å². The van der Waals surface area contributed by atoms with E-state index in [0.29, 0.717) is 11.5 Å². The lowest BCUT2D eigenvalue weighted by Gasteiger charge is -2.07. The van der Waals surface area contributed by atoms with Gasteiger partial charge in [0.25, 0.3) is 0 Å². The molecule has 0 unspecified atom stereocenters. The summed E-state index contributed by atoms with van der Waals surface area (Å²) >= 11 is 5.92. The molecule has 0 radical (unpaired) electrons. The number of halogens is 2. The summed E-state index contributed by atoms with van der Waals surface area (Å²) in [7, 11) is 0. The molecule has 0 bridgehead atoms. The van der Waals surface area contributed by atoms with E-state index in [0.717, 1.165) is 0 Å². The molecule has 0 aliphatic carbocycles. The predicted octanol–water partition coefficient (Wildman–Crippen LogP) is 2.76. The van der Waals surface area contributed by atoms with E-state index in [2.05, 4.69) is 10.1 Å². The minimum Gasteiger partial charge on any atom is -0.456 e. The molecular weight excluding hydrogens is 273 g/mol. The van der Waals surface area contributed by atoms with Gasteiger partial charge in [-0.3, -0.25) is 0 Å². The number of benzene rings is 1. The monoisotopic (exact) mass is 281 g/mol. The lowest BCUT2D eigenvalue weighted by molar-refractivity contribution is 0.318. The van der Waals surface area contributed by atoms with Gasteiger partial charge in [-0.2, -0.15) is 0 Å². The number of amidine groups is 1. The summed E-state index contributed by atoms with van der Waals surface area (Å²) in [5.74, 6) is 0.242. The summed E-state index contributed by atoms with van der Waals surface area (Å²) < 4.78 is 18.2. The third-order valence-corrected chi connectivity index (χ3v) is 2.50. The highest BCUT2D eigenvalue weighted by atomic mass is 35.5. The van der Waals surface area contributed by atoms with Crippen LogP contribution in [0.5, 0.6) is 11.5 Å². The maximum absolute atomic E-state index is 12.7. The zero-order valence-corrected chi connectivity index (χ0v) is 10.3. The third kappa shape index (κ3) is 3.11. The topological polar surface area (TPSA) is 80.7 Å². The van der Waals surface area contributed by atoms with E-state index in [4.69, 9.17) is 27.3 Å². The third-order valence-electron chi connectivity index (χ3n) is 2.22. The van der Waals surface area contributed by atoms with Crippen LogP contribution in [0.4, 0.5) is 4.39 Å². The molecule has 0 amide bonds. The number of hydrogen-bond acceptors (Lipinski definition) is 4. The van der Waals surface area contributed by atoms with E-state index in [1.54, 1.807) is 0 Å². The molecular formula is C12H9ClFN3O2. The Hall–Kier alpha value is -2.34. The van der Waals surface area contributed by atoms with Crippen LogP contribution in [0.25, 0.3) is 0 Å². The standard InChI is InChI=1S/C12H9ClFN3O2/c13-10-5-9(6-16-11(10)12(15)17-18)19-8-3-1-7(14)2-4-8/h1-6,18H,(H2,15,17). The number of hydrogen-bond donors (Lipinski definition) is 2. The lowest BCUT2D eigenvalue weighted by Crippen LogP contribution is -2.15. The van der Waals surface area contributed by atoms with Crippen LogP contribution >= 0.6 is 11.6 Å². The molecule has 3 N–H and O–H groups in total. The van der Waals surface area contributed by atoms with Crippen LogP contribution < -0.4 is 10.5 Å². The molecule has 98 valence electrons. The minimum atomic E-state index is -0.356. The molecule has 0 saturated carbocycles. The van der Waals surface area contributed by atoms with E-state index < -0.39 is 0 Å². The number of pyridine rings is 1. The van der Waals surface area contributed by atoms with Crippen LogP contribution in [0.1, 0.15) is 5.69 Å². The minimum absolute atomic E-state index is 0.149. The molecule has 2 rings (SSSR count). The van der Waals surface area contributed by atoms with Gasteiger partial charge in [-0.25, -0.2) is 9.37 Å². The largest absolute Gasteiger partial charge is 0.456 e. The highest BCUT2D eigenvalue weighted by Crippen LogP contribution is 2.25. The fourth-order valence-electron chi connectivity index (χ4n) is 1.35. The Kier molecular flexibility index (Phi) is 3.82. The fraction of sp³-hybridized carbons (Fsp3) is 0. The van der Waals surface area contributed by atoms with Gasteiger partial charge in [0.05, 0.1) is 11.2 Å². The summed E-state index contributed by atoms with van der Waals surface area (Å²) in [6.45, 7) is 0. The van der Waals surface area contributed by atoms with Gasteiger partial charge in [0.2, 0.25) is 0 Å². The molecule has 0 saturated heterocycles. The van der Waals surface area contributed by atoms with E-state index in [9.17, 15) is 4.39 Å². The summed E-state index contributed by atoms with van der Waals surface area (Å²) in [5, 5.41) is 11.5. The molecule has 7 heteroatoms. The second kappa shape index (κ2) is 5.53. The maximum Gasteiger partial charge on any atom is 0.190 e. The van der Waals surface area contributed by atoms with Crippen molar-refractivity contribution < 1.29 is 14.3 Å². The molecule has 19 heavy (non-hydrogen) atoms. The van der Waals surface area contributed by atoms with Gasteiger partial charge in [-0.1, -0.05) is 16.8 Å². The normalized spacial score (nSPS) is 11.4. The summed E-state index contributed by atoms with van der Waals surface area (Å²) in [6, 6.07) is 6.96. The molecule has 5 nitrogen and oxygen atoms in total. The summed E-state index contributed by atoms with van der Waals surface area (Å²) in [6.07, 6.45) is 1.36. The Labute approximate surface area is 113 Å². The van der Waals surface area contributed by atoms with E-state index in [-0.39, 0.29) is 22.4 Å². The second-order valence-electron chi connectivity index (χ2n) is 3.54. The van der Waals surface area contributed by atoms with Crippen LogP contribution in [-0.2, 0) is 0 Å². The second-order valence-corrected chi connectivity index (χ2v) is 3.95. The van der Waals surface area contributed by atoms with Crippen molar-refractivity contribution in [2.75, 3.05) is 0 Å². The molecule has 1 aromatic carbocycles. The quantitative estimate of drug-likeness (QED) is 0.392. The van der Waals surface area contributed by atoms with Gasteiger partial charge in [-0.15, -0.1) is 0 Å². The zero-order chi connectivity index (χ0) is 13.8. The van der Waals surface area contributed by atoms with Gasteiger partial charge in [-0.05, 0) is 24.3 Å². The van der Waals surface area contributed by atoms with Crippen LogP contribution in [-0.4, -0.2) is 16.0 Å². The molecule has 0 aliphatic heterocycles. The highest BCUT2D eigenvalue weighted by molar-refractivity contribution is 6.33. The molecule has 2 aromatic rings. The van der Waals surface area contributed by atoms with Crippen molar-refractivity contribution in [2.24, 2.45) is 10.9 Å². The molecule has 1 heterocycles. The fourth-order valence-corrected chi connectivity index (χ4v) is 1.60. The van der Waals surface area contributed by atoms with Gasteiger partial charge in [0.1, 0.15) is 23.0 Å². The average Bonchev–Trinajstić information content (AvgIpc) is 2.41. The number of nitrogens with two attached hydrogens (primary N) is 1. The van der Waals surface area contributed by atoms with Crippen molar-refractivity contribution in [1.29, 1.82) is 0 Å². The first-order valence-corrected chi connectivity index (χ1v) is 5.55. The molecule has 0 fully saturated rings. The van der Waals surface area contributed by atoms with Gasteiger partial charge in [0.15, 0.2) is 5.84 Å². The van der Waals surface area contributed by atoms with E-state index >= 15 is 0 Å². The van der Waals surface area contributed by atoms with Crippen LogP contribution in [0, 0.1) is 5.82 Å². The first-order chi connectivity index (χ1) is 9.10. The highest BCUT2D eigenvalue weighted by Gasteiger charge is 2.09. The maximum atomic E-state index is 12.7. The zero-order valence-electron chi connectivity index (χ0n) is 9.55. The summed E-state index contributed by atoms with van der Waals surface area (Å²) in [4.78, 5) is 3.92. The van der Waals surface area contributed by atoms with Gasteiger partial charge < -0.3 is 15.7 Å². The van der Waals surface area contributed by atoms with Crippen LogP contribution in [0.15, 0.2) is 41.7 Å². The Balaban J connectivity index is 2.23. The van der Waals surface area contributed by atoms with Crippen molar-refractivity contribution in [3.8, 4) is 11.5 Å². The predicted molar refractivity (Wildman–Crippen MR) is 68.2 cm³/mol. The molecule has 0 aliphatic rings. The number of nitrogens with zero attached hydrogens (tertiary/aromatic N) is 2. The molecule has 0 spiro atoms. The first kappa shape index (κ1) is 13.1. The Bertz CT molecular complexity index is 617. The Morgan fingerprint density at radius 1 is 1.32 bits per heavy atom. The van der Waals surface area contributed by atoms with Crippen molar-refractivity contribution in [2.45, 2.75) is 0 Å². The lowest BCUT2D eigenvalue weighted by atomic mass is 10.3. The Morgan fingerprint density at radius 3 is 2.58 bits per heavy atom. The van der Waals surface area contributed by atoms with Crippen molar-refractivity contribution in [3.05, 3.63) is 53.1 Å². The van der Waals surface area contributed by atoms with E-state index in [1.165, 1.54) is 36.5 Å². The number of rotatable bonds is 3. The average molecular weight is 282 g/mol. The van der Waals surface area contributed by atoms with Gasteiger partial charge >= 0.3 is 0 Å². The number of oxime groups is 1. The SMILES string of the molecule is N/C(=N\O)c1ncc(Oc2ccc(F)cc2)cc1Cl. The van der Waals surface area contributed by atoms with Crippen LogP contribution in [0.2, 0.25) is 5.02 Å². The molecule has 1 aromatic heterocycles. The smallest absolute Gasteiger partial charge is 0.190 e.